The van der Waals surface area contributed by atoms with E-state index < -0.39 is 0 Å². The van der Waals surface area contributed by atoms with Crippen LogP contribution in [0.5, 0.6) is 0 Å². The Hall–Kier alpha value is -2.39. The average molecular weight is 373 g/mol. The molecule has 0 spiro atoms. The Kier molecular flexibility index (Phi) is 5.58. The number of anilines is 2. The second-order valence-electron chi connectivity index (χ2n) is 6.03. The van der Waals surface area contributed by atoms with Crippen molar-refractivity contribution in [3.8, 4) is 0 Å². The molecule has 26 heavy (non-hydrogen) atoms. The van der Waals surface area contributed by atoms with E-state index in [0.29, 0.717) is 18.4 Å². The molecule has 0 fully saturated rings. The van der Waals surface area contributed by atoms with E-state index in [2.05, 4.69) is 25.6 Å². The van der Waals surface area contributed by atoms with Crippen LogP contribution in [0, 0.1) is 0 Å². The molecule has 0 aliphatic rings. The molecule has 0 saturated heterocycles. The van der Waals surface area contributed by atoms with E-state index in [1.807, 2.05) is 44.1 Å². The molecular weight excluding hydrogens is 350 g/mol. The minimum Gasteiger partial charge on any atom is -0.383 e. The van der Waals surface area contributed by atoms with E-state index >= 15 is 0 Å². The number of thioether (sulfide) groups is 1. The van der Waals surface area contributed by atoms with Gasteiger partial charge in [-0.15, -0.1) is 0 Å². The van der Waals surface area contributed by atoms with Gasteiger partial charge < -0.3 is 19.9 Å². The van der Waals surface area contributed by atoms with Gasteiger partial charge in [-0.2, -0.15) is 15.0 Å². The van der Waals surface area contributed by atoms with Crippen LogP contribution in [0.25, 0.3) is 11.0 Å². The van der Waals surface area contributed by atoms with Crippen molar-refractivity contribution in [1.29, 1.82) is 0 Å². The van der Waals surface area contributed by atoms with Gasteiger partial charge in [0.1, 0.15) is 5.82 Å². The summed E-state index contributed by atoms with van der Waals surface area (Å²) < 4.78 is 7.42. The van der Waals surface area contributed by atoms with E-state index in [1.165, 1.54) is 0 Å². The first-order valence-electron chi connectivity index (χ1n) is 8.29. The molecular formula is C17H23N7OS. The molecule has 0 saturated carbocycles. The molecule has 138 valence electrons. The maximum Gasteiger partial charge on any atom is 0.229 e. The van der Waals surface area contributed by atoms with Gasteiger partial charge in [-0.1, -0.05) is 23.9 Å². The predicted octanol–water partition coefficient (Wildman–Crippen LogP) is 2.37. The van der Waals surface area contributed by atoms with Gasteiger partial charge in [-0.25, -0.2) is 4.98 Å². The Morgan fingerprint density at radius 1 is 1.19 bits per heavy atom. The predicted molar refractivity (Wildman–Crippen MR) is 104 cm³/mol. The summed E-state index contributed by atoms with van der Waals surface area (Å²) in [4.78, 5) is 19.6. The van der Waals surface area contributed by atoms with Crippen molar-refractivity contribution in [2.45, 2.75) is 23.9 Å². The van der Waals surface area contributed by atoms with Crippen LogP contribution in [0.15, 0.2) is 29.4 Å². The van der Waals surface area contributed by atoms with E-state index in [1.54, 1.807) is 18.9 Å². The zero-order chi connectivity index (χ0) is 18.7. The summed E-state index contributed by atoms with van der Waals surface area (Å²) in [6.45, 7) is 3.39. The van der Waals surface area contributed by atoms with E-state index in [0.717, 1.165) is 22.7 Å². The highest BCUT2D eigenvalue weighted by molar-refractivity contribution is 7.99. The van der Waals surface area contributed by atoms with E-state index in [4.69, 9.17) is 15.5 Å². The van der Waals surface area contributed by atoms with Crippen LogP contribution in [-0.4, -0.2) is 52.3 Å². The summed E-state index contributed by atoms with van der Waals surface area (Å²) >= 11 is 1.60. The molecule has 9 heteroatoms. The highest BCUT2D eigenvalue weighted by Gasteiger charge is 2.19. The number of ether oxygens (including phenoxy) is 1. The molecule has 1 atom stereocenters. The number of hydrogen-bond acceptors (Lipinski definition) is 8. The van der Waals surface area contributed by atoms with Crippen molar-refractivity contribution >= 4 is 34.7 Å². The third-order valence-electron chi connectivity index (χ3n) is 3.84. The molecule has 0 radical (unpaired) electrons. The van der Waals surface area contributed by atoms with Crippen molar-refractivity contribution < 1.29 is 4.74 Å². The lowest BCUT2D eigenvalue weighted by Crippen LogP contribution is -2.16. The number of nitrogens with zero attached hydrogens (tertiary/aromatic N) is 6. The SMILES string of the molecule is COCCn1c(S[C@@H](C)c2nc(N)nc(N(C)C)n2)nc2ccccc21. The Morgan fingerprint density at radius 3 is 2.69 bits per heavy atom. The third kappa shape index (κ3) is 3.88. The number of fused-ring (bicyclic) bond motifs is 1. The van der Waals surface area contributed by atoms with Crippen molar-refractivity contribution in [3.05, 3.63) is 30.1 Å². The van der Waals surface area contributed by atoms with Crippen molar-refractivity contribution in [1.82, 2.24) is 24.5 Å². The first-order chi connectivity index (χ1) is 12.5. The van der Waals surface area contributed by atoms with Gasteiger partial charge in [-0.3, -0.25) is 0 Å². The molecule has 2 N–H and O–H groups in total. The van der Waals surface area contributed by atoms with Crippen molar-refractivity contribution in [2.75, 3.05) is 38.4 Å². The average Bonchev–Trinajstić information content (AvgIpc) is 2.96. The lowest BCUT2D eigenvalue weighted by atomic mass is 10.3. The minimum absolute atomic E-state index is 0.0305. The van der Waals surface area contributed by atoms with Crippen LogP contribution in [0.1, 0.15) is 18.0 Å². The maximum atomic E-state index is 5.85. The standard InChI is InChI=1S/C17H23N7OS/c1-11(14-20-15(18)22-16(21-14)23(2)3)26-17-19-12-7-5-6-8-13(12)24(17)9-10-25-4/h5-8,11H,9-10H2,1-4H3,(H2,18,20,21,22)/t11-/m0/s1. The summed E-state index contributed by atoms with van der Waals surface area (Å²) in [6.07, 6.45) is 0. The molecule has 0 unspecified atom stereocenters. The first kappa shape index (κ1) is 18.4. The number of aromatic nitrogens is 5. The number of rotatable bonds is 7. The Bertz CT molecular complexity index is 896. The Morgan fingerprint density at radius 2 is 1.96 bits per heavy atom. The van der Waals surface area contributed by atoms with Gasteiger partial charge in [0.25, 0.3) is 0 Å². The fraction of sp³-hybridized carbons (Fsp3) is 0.412. The maximum absolute atomic E-state index is 5.85. The number of para-hydroxylation sites is 2. The molecule has 3 aromatic rings. The van der Waals surface area contributed by atoms with Gasteiger partial charge in [0.2, 0.25) is 11.9 Å². The van der Waals surface area contributed by atoms with Crippen molar-refractivity contribution in [2.24, 2.45) is 0 Å². The zero-order valence-corrected chi connectivity index (χ0v) is 16.2. The summed E-state index contributed by atoms with van der Waals surface area (Å²) in [7, 11) is 5.45. The fourth-order valence-corrected chi connectivity index (χ4v) is 3.53. The van der Waals surface area contributed by atoms with E-state index in [9.17, 15) is 0 Å². The Balaban J connectivity index is 1.93. The molecule has 0 bridgehead atoms. The van der Waals surface area contributed by atoms with Crippen LogP contribution >= 0.6 is 11.8 Å². The second-order valence-corrected chi connectivity index (χ2v) is 7.34. The van der Waals surface area contributed by atoms with Gasteiger partial charge in [0.15, 0.2) is 5.16 Å². The van der Waals surface area contributed by atoms with Crippen LogP contribution < -0.4 is 10.6 Å². The fourth-order valence-electron chi connectivity index (χ4n) is 2.53. The summed E-state index contributed by atoms with van der Waals surface area (Å²) in [5, 5.41) is 0.873. The second kappa shape index (κ2) is 7.88. The van der Waals surface area contributed by atoms with Crippen LogP contribution in [0.4, 0.5) is 11.9 Å². The number of nitrogen functional groups attached to an aromatic ring is 1. The largest absolute Gasteiger partial charge is 0.383 e. The lowest BCUT2D eigenvalue weighted by molar-refractivity contribution is 0.186. The Labute approximate surface area is 156 Å². The highest BCUT2D eigenvalue weighted by atomic mass is 32.2. The molecule has 0 aliphatic carbocycles. The number of methoxy groups -OCH3 is 1. The first-order valence-corrected chi connectivity index (χ1v) is 9.17. The zero-order valence-electron chi connectivity index (χ0n) is 15.4. The van der Waals surface area contributed by atoms with Gasteiger partial charge in [-0.05, 0) is 19.1 Å². The summed E-state index contributed by atoms with van der Waals surface area (Å²) in [5.74, 6) is 1.41. The third-order valence-corrected chi connectivity index (χ3v) is 4.93. The van der Waals surface area contributed by atoms with Crippen LogP contribution in [-0.2, 0) is 11.3 Å². The molecule has 8 nitrogen and oxygen atoms in total. The smallest absolute Gasteiger partial charge is 0.229 e. The van der Waals surface area contributed by atoms with Crippen LogP contribution in [0.3, 0.4) is 0 Å². The number of imidazole rings is 1. The molecule has 0 amide bonds. The number of hydrogen-bond donors (Lipinski definition) is 1. The van der Waals surface area contributed by atoms with Gasteiger partial charge in [0.05, 0.1) is 22.9 Å². The van der Waals surface area contributed by atoms with E-state index in [-0.39, 0.29) is 11.2 Å². The number of nitrogens with two attached hydrogens (primary N) is 1. The number of benzene rings is 1. The quantitative estimate of drug-likeness (QED) is 0.631. The summed E-state index contributed by atoms with van der Waals surface area (Å²) in [6, 6.07) is 8.08. The highest BCUT2D eigenvalue weighted by Crippen LogP contribution is 2.35. The van der Waals surface area contributed by atoms with Gasteiger partial charge >= 0.3 is 0 Å². The topological polar surface area (TPSA) is 95.0 Å². The lowest BCUT2D eigenvalue weighted by Gasteiger charge is -2.15. The molecule has 2 aromatic heterocycles. The molecule has 2 heterocycles. The van der Waals surface area contributed by atoms with Crippen molar-refractivity contribution in [3.63, 3.8) is 0 Å². The monoisotopic (exact) mass is 373 g/mol. The summed E-state index contributed by atoms with van der Waals surface area (Å²) in [5.41, 5.74) is 7.90. The van der Waals surface area contributed by atoms with Gasteiger partial charge in [0, 0.05) is 27.7 Å². The normalized spacial score (nSPS) is 12.5. The molecule has 3 rings (SSSR count). The minimum atomic E-state index is -0.0305. The molecule has 1 aromatic carbocycles. The van der Waals surface area contributed by atoms with Crippen LogP contribution in [0.2, 0.25) is 0 Å². The molecule has 0 aliphatic heterocycles.